The van der Waals surface area contributed by atoms with Crippen molar-refractivity contribution in [1.82, 2.24) is 10.2 Å². The van der Waals surface area contributed by atoms with Gasteiger partial charge in [-0.3, -0.25) is 14.4 Å². The number of aliphatic hydroxyl groups is 1. The molecule has 142 valence electrons. The van der Waals surface area contributed by atoms with Crippen molar-refractivity contribution in [3.63, 3.8) is 0 Å². The van der Waals surface area contributed by atoms with Crippen LogP contribution in [0.4, 0.5) is 5.69 Å². The van der Waals surface area contributed by atoms with Crippen molar-refractivity contribution in [1.29, 1.82) is 0 Å². The van der Waals surface area contributed by atoms with Crippen molar-refractivity contribution in [3.8, 4) is 0 Å². The van der Waals surface area contributed by atoms with Crippen LogP contribution >= 0.6 is 0 Å². The molecule has 8 heteroatoms. The first-order chi connectivity index (χ1) is 12.1. The molecule has 0 bridgehead atoms. The molecule has 2 rings (SSSR count). The minimum atomic E-state index is -1.24. The van der Waals surface area contributed by atoms with E-state index < -0.39 is 41.5 Å². The van der Waals surface area contributed by atoms with Crippen LogP contribution in [0.1, 0.15) is 20.8 Å². The van der Waals surface area contributed by atoms with Gasteiger partial charge in [0.1, 0.15) is 17.6 Å². The second-order valence-corrected chi connectivity index (χ2v) is 6.97. The number of carbonyl (C=O) groups is 3. The number of hydrogen-bond donors (Lipinski definition) is 4. The molecule has 0 aromatic heterocycles. The zero-order valence-electron chi connectivity index (χ0n) is 15.4. The molecule has 1 aromatic carbocycles. The van der Waals surface area contributed by atoms with Gasteiger partial charge in [0.25, 0.3) is 0 Å². The maximum absolute atomic E-state index is 13.0. The minimum absolute atomic E-state index is 0.307. The number of hydrogen-bond acceptors (Lipinski definition) is 5. The summed E-state index contributed by atoms with van der Waals surface area (Å²) in [6.45, 7) is 4.78. The van der Waals surface area contributed by atoms with Crippen LogP contribution in [0.3, 0.4) is 0 Å². The third-order valence-corrected chi connectivity index (χ3v) is 5.10. The second-order valence-electron chi connectivity index (χ2n) is 6.97. The number of rotatable bonds is 6. The van der Waals surface area contributed by atoms with E-state index >= 15 is 0 Å². The largest absolute Gasteiger partial charge is 0.391 e. The Morgan fingerprint density at radius 3 is 2.42 bits per heavy atom. The minimum Gasteiger partial charge on any atom is -0.391 e. The standard InChI is InChI=1S/C18H26N4O4/c1-10-13(20-12-8-6-5-7-9-12)16(25)21-18(10,3)17(26)22(4)14(11(2)23)15(19)24/h5-11,13-14,20,23H,1-4H3,(H2,19,24)(H,21,25)/t10?,11-,13?,14+,18?/m1/s1. The van der Waals surface area contributed by atoms with Gasteiger partial charge in [-0.15, -0.1) is 0 Å². The monoisotopic (exact) mass is 362 g/mol. The van der Waals surface area contributed by atoms with Gasteiger partial charge in [-0.2, -0.15) is 0 Å². The molecule has 0 aliphatic carbocycles. The lowest BCUT2D eigenvalue weighted by Gasteiger charge is -2.36. The molecule has 1 aliphatic heterocycles. The molecular formula is C18H26N4O4. The van der Waals surface area contributed by atoms with Gasteiger partial charge in [0.05, 0.1) is 6.10 Å². The number of benzene rings is 1. The summed E-state index contributed by atoms with van der Waals surface area (Å²) in [6.07, 6.45) is -1.13. The van der Waals surface area contributed by atoms with Gasteiger partial charge >= 0.3 is 0 Å². The normalized spacial score (nSPS) is 27.3. The number of aliphatic hydroxyl groups excluding tert-OH is 1. The van der Waals surface area contributed by atoms with Gasteiger partial charge in [-0.1, -0.05) is 25.1 Å². The quantitative estimate of drug-likeness (QED) is 0.552. The van der Waals surface area contributed by atoms with Crippen molar-refractivity contribution in [2.24, 2.45) is 11.7 Å². The molecule has 0 saturated carbocycles. The average molecular weight is 362 g/mol. The highest BCUT2D eigenvalue weighted by atomic mass is 16.3. The number of para-hydroxylation sites is 1. The molecule has 1 aromatic rings. The number of nitrogens with one attached hydrogen (secondary N) is 2. The van der Waals surface area contributed by atoms with Crippen molar-refractivity contribution in [2.75, 3.05) is 12.4 Å². The summed E-state index contributed by atoms with van der Waals surface area (Å²) in [4.78, 5) is 38.3. The molecule has 5 N–H and O–H groups in total. The molecule has 3 amide bonds. The molecule has 8 nitrogen and oxygen atoms in total. The third kappa shape index (κ3) is 3.50. The summed E-state index contributed by atoms with van der Waals surface area (Å²) in [5.74, 6) is -2.01. The van der Waals surface area contributed by atoms with E-state index in [4.69, 9.17) is 5.73 Å². The van der Waals surface area contributed by atoms with Crippen LogP contribution < -0.4 is 16.4 Å². The van der Waals surface area contributed by atoms with E-state index in [2.05, 4.69) is 10.6 Å². The number of nitrogens with two attached hydrogens (primary N) is 1. The summed E-state index contributed by atoms with van der Waals surface area (Å²) < 4.78 is 0. The van der Waals surface area contributed by atoms with E-state index in [0.29, 0.717) is 0 Å². The lowest BCUT2D eigenvalue weighted by molar-refractivity contribution is -0.147. The van der Waals surface area contributed by atoms with Crippen molar-refractivity contribution < 1.29 is 19.5 Å². The van der Waals surface area contributed by atoms with Crippen LogP contribution in [-0.2, 0) is 14.4 Å². The first-order valence-electron chi connectivity index (χ1n) is 8.48. The number of carbonyl (C=O) groups excluding carboxylic acids is 3. The van der Waals surface area contributed by atoms with Gasteiger partial charge < -0.3 is 26.4 Å². The molecule has 0 spiro atoms. The van der Waals surface area contributed by atoms with E-state index in [9.17, 15) is 19.5 Å². The lowest BCUT2D eigenvalue weighted by Crippen LogP contribution is -2.61. The van der Waals surface area contributed by atoms with E-state index in [1.54, 1.807) is 13.8 Å². The Bertz CT molecular complexity index is 694. The lowest BCUT2D eigenvalue weighted by atomic mass is 9.84. The number of amides is 3. The van der Waals surface area contributed by atoms with Crippen molar-refractivity contribution in [2.45, 2.75) is 44.5 Å². The summed E-state index contributed by atoms with van der Waals surface area (Å²) in [7, 11) is 1.40. The predicted octanol–water partition coefficient (Wildman–Crippen LogP) is -0.315. The zero-order chi connectivity index (χ0) is 19.6. The summed E-state index contributed by atoms with van der Waals surface area (Å²) in [6, 6.07) is 7.44. The predicted molar refractivity (Wildman–Crippen MR) is 97.0 cm³/mol. The van der Waals surface area contributed by atoms with E-state index in [1.165, 1.54) is 14.0 Å². The zero-order valence-corrected chi connectivity index (χ0v) is 15.4. The van der Waals surface area contributed by atoms with Crippen molar-refractivity contribution in [3.05, 3.63) is 30.3 Å². The Kier molecular flexibility index (Phi) is 5.56. The van der Waals surface area contributed by atoms with E-state index in [1.807, 2.05) is 30.3 Å². The highest BCUT2D eigenvalue weighted by Crippen LogP contribution is 2.31. The Morgan fingerprint density at radius 1 is 1.35 bits per heavy atom. The summed E-state index contributed by atoms with van der Waals surface area (Å²) >= 11 is 0. The molecule has 1 saturated heterocycles. The number of primary amides is 1. The maximum atomic E-state index is 13.0. The third-order valence-electron chi connectivity index (χ3n) is 5.10. The fourth-order valence-corrected chi connectivity index (χ4v) is 3.41. The van der Waals surface area contributed by atoms with Crippen LogP contribution in [0.15, 0.2) is 30.3 Å². The first kappa shape index (κ1) is 19.7. The molecule has 1 aliphatic rings. The molecule has 26 heavy (non-hydrogen) atoms. The number of likely N-dealkylation sites (N-methyl/N-ethyl adjacent to an activating group) is 1. The van der Waals surface area contributed by atoms with Crippen LogP contribution in [-0.4, -0.2) is 58.5 Å². The molecule has 3 unspecified atom stereocenters. The van der Waals surface area contributed by atoms with Gasteiger partial charge in [0.2, 0.25) is 17.7 Å². The molecule has 1 heterocycles. The topological polar surface area (TPSA) is 125 Å². The molecule has 0 radical (unpaired) electrons. The van der Waals surface area contributed by atoms with Gasteiger partial charge in [-0.25, -0.2) is 0 Å². The molecule has 1 fully saturated rings. The fourth-order valence-electron chi connectivity index (χ4n) is 3.41. The van der Waals surface area contributed by atoms with Crippen molar-refractivity contribution >= 4 is 23.4 Å². The average Bonchev–Trinajstić information content (AvgIpc) is 2.78. The molecular weight excluding hydrogens is 336 g/mol. The second kappa shape index (κ2) is 7.33. The Balaban J connectivity index is 2.24. The number of nitrogens with zero attached hydrogens (tertiary/aromatic N) is 1. The highest BCUT2D eigenvalue weighted by Gasteiger charge is 2.54. The van der Waals surface area contributed by atoms with Crippen LogP contribution in [0.2, 0.25) is 0 Å². The Hall–Kier alpha value is -2.61. The van der Waals surface area contributed by atoms with Crippen LogP contribution in [0.5, 0.6) is 0 Å². The van der Waals surface area contributed by atoms with Crippen LogP contribution in [0, 0.1) is 5.92 Å². The van der Waals surface area contributed by atoms with Gasteiger partial charge in [0, 0.05) is 18.7 Å². The summed E-state index contributed by atoms with van der Waals surface area (Å²) in [5, 5.41) is 15.7. The Labute approximate surface area is 152 Å². The van der Waals surface area contributed by atoms with E-state index in [0.717, 1.165) is 10.6 Å². The van der Waals surface area contributed by atoms with Crippen LogP contribution in [0.25, 0.3) is 0 Å². The fraction of sp³-hybridized carbons (Fsp3) is 0.500. The molecule has 5 atom stereocenters. The maximum Gasteiger partial charge on any atom is 0.248 e. The smallest absolute Gasteiger partial charge is 0.248 e. The Morgan fingerprint density at radius 2 is 1.92 bits per heavy atom. The summed E-state index contributed by atoms with van der Waals surface area (Å²) in [5.41, 5.74) is 4.85. The highest BCUT2D eigenvalue weighted by molar-refractivity contribution is 6.00. The first-order valence-corrected chi connectivity index (χ1v) is 8.48. The number of anilines is 1. The van der Waals surface area contributed by atoms with Gasteiger partial charge in [-0.05, 0) is 26.0 Å². The SMILES string of the molecule is CC1C(Nc2ccccc2)C(=O)NC1(C)C(=O)N(C)[C@H](C(N)=O)[C@@H](C)O. The van der Waals surface area contributed by atoms with E-state index in [-0.39, 0.29) is 5.91 Å². The van der Waals surface area contributed by atoms with Gasteiger partial charge in [0.15, 0.2) is 0 Å².